The van der Waals surface area contributed by atoms with Gasteiger partial charge in [-0.25, -0.2) is 28.1 Å². The average Bonchev–Trinajstić information content (AvgIpc) is 1.76. The molecule has 2 saturated heterocycles. The maximum Gasteiger partial charge on any atom is 0.293 e. The van der Waals surface area contributed by atoms with Gasteiger partial charge in [-0.2, -0.15) is 4.99 Å². The number of nitro groups is 1. The number of amides is 2. The number of carbonyl (C=O) groups is 2. The third-order valence-corrected chi connectivity index (χ3v) is 18.4. The number of morpholine rings is 1. The van der Waals surface area contributed by atoms with Gasteiger partial charge in [0.15, 0.2) is 11.5 Å². The molecule has 0 spiro atoms. The third-order valence-electron chi connectivity index (χ3n) is 15.6. The van der Waals surface area contributed by atoms with Gasteiger partial charge in [0.05, 0.1) is 42.3 Å². The van der Waals surface area contributed by atoms with E-state index >= 15 is 0 Å². The van der Waals surface area contributed by atoms with E-state index in [1.54, 1.807) is 43.1 Å². The van der Waals surface area contributed by atoms with E-state index in [1.165, 1.54) is 35.7 Å². The number of nitrogen functional groups attached to an aromatic ring is 1. The van der Waals surface area contributed by atoms with E-state index in [4.69, 9.17) is 36.5 Å². The highest BCUT2D eigenvalue weighted by molar-refractivity contribution is 7.99. The lowest BCUT2D eigenvalue weighted by Gasteiger charge is -2.36. The van der Waals surface area contributed by atoms with Crippen molar-refractivity contribution in [3.05, 3.63) is 183 Å². The summed E-state index contributed by atoms with van der Waals surface area (Å²) < 4.78 is 47.8. The molecule has 0 unspecified atom stereocenters. The van der Waals surface area contributed by atoms with Crippen molar-refractivity contribution < 1.29 is 37.1 Å². The number of rotatable bonds is 23. The number of aromatic nitrogens is 4. The molecule has 5 heterocycles. The second kappa shape index (κ2) is 30.9. The van der Waals surface area contributed by atoms with Crippen LogP contribution in [0.5, 0.6) is 11.5 Å². The highest BCUT2D eigenvalue weighted by Crippen LogP contribution is 2.38. The van der Waals surface area contributed by atoms with Crippen molar-refractivity contribution in [1.82, 2.24) is 38.9 Å². The largest absolute Gasteiger partial charge is 0.491 e. The van der Waals surface area contributed by atoms with Crippen molar-refractivity contribution in [3.8, 4) is 22.6 Å². The van der Waals surface area contributed by atoms with Crippen LogP contribution < -0.4 is 41.1 Å². The molecule has 5 N–H and O–H groups in total. The van der Waals surface area contributed by atoms with Gasteiger partial charge >= 0.3 is 0 Å². The quantitative estimate of drug-likeness (QED) is 0.0202. The van der Waals surface area contributed by atoms with Crippen LogP contribution in [-0.2, 0) is 27.8 Å². The zero-order valence-corrected chi connectivity index (χ0v) is 53.3. The van der Waals surface area contributed by atoms with Gasteiger partial charge < -0.3 is 40.4 Å². The number of carbonyl (C=O) groups excluding carboxylic acids is 2. The summed E-state index contributed by atoms with van der Waals surface area (Å²) in [6.45, 7) is 11.1. The fourth-order valence-electron chi connectivity index (χ4n) is 10.8. The number of nitrogens with zero attached hydrogens (tertiary/aromatic N) is 10. The summed E-state index contributed by atoms with van der Waals surface area (Å²) >= 11 is 7.75. The summed E-state index contributed by atoms with van der Waals surface area (Å²) in [5, 5.41) is 20.4. The number of sulfonamides is 1. The molecule has 476 valence electrons. The Morgan fingerprint density at radius 2 is 1.60 bits per heavy atom. The van der Waals surface area contributed by atoms with Gasteiger partial charge in [-0.1, -0.05) is 66.2 Å². The highest BCUT2D eigenvalue weighted by Gasteiger charge is 2.27. The van der Waals surface area contributed by atoms with E-state index in [0.717, 1.165) is 112 Å². The molecule has 0 saturated carbocycles. The van der Waals surface area contributed by atoms with Crippen LogP contribution in [0, 0.1) is 10.1 Å². The fraction of sp³-hybridized carbons (Fsp3) is 0.323. The van der Waals surface area contributed by atoms with Crippen molar-refractivity contribution in [2.24, 2.45) is 4.99 Å². The molecule has 0 aliphatic carbocycles. The van der Waals surface area contributed by atoms with Crippen LogP contribution in [0.25, 0.3) is 22.0 Å². The predicted octanol–water partition coefficient (Wildman–Crippen LogP) is 8.57. The Labute approximate surface area is 537 Å². The molecule has 11 rings (SSSR count). The number of nitro benzene ring substituents is 1. The fourth-order valence-corrected chi connectivity index (χ4v) is 12.9. The summed E-state index contributed by atoms with van der Waals surface area (Å²) in [4.78, 5) is 63.9. The van der Waals surface area contributed by atoms with E-state index in [0.29, 0.717) is 53.9 Å². The minimum Gasteiger partial charge on any atom is -0.491 e. The Morgan fingerprint density at radius 3 is 2.32 bits per heavy atom. The Kier molecular flexibility index (Phi) is 22.2. The summed E-state index contributed by atoms with van der Waals surface area (Å²) in [6, 6.07) is 40.3. The van der Waals surface area contributed by atoms with E-state index in [1.807, 2.05) is 96.4 Å². The molecule has 3 aliphatic rings. The number of ether oxygens (including phenoxy) is 3. The van der Waals surface area contributed by atoms with E-state index < -0.39 is 32.4 Å². The number of nitrogens with one attached hydrogen (secondary N) is 3. The van der Waals surface area contributed by atoms with E-state index in [9.17, 15) is 28.1 Å². The second-order valence-electron chi connectivity index (χ2n) is 22.1. The van der Waals surface area contributed by atoms with Gasteiger partial charge in [-0.05, 0) is 123 Å². The number of nitrogens with two attached hydrogens (primary N) is 1. The molecule has 3 aliphatic heterocycles. The second-order valence-corrected chi connectivity index (χ2v) is 25.3. The van der Waals surface area contributed by atoms with E-state index in [2.05, 4.69) is 63.2 Å². The van der Waals surface area contributed by atoms with Gasteiger partial charge in [-0.15, -0.1) is 11.8 Å². The van der Waals surface area contributed by atoms with Crippen molar-refractivity contribution in [3.63, 3.8) is 0 Å². The monoisotopic (exact) mass is 1290 g/mol. The Morgan fingerprint density at radius 1 is 0.879 bits per heavy atom. The lowest BCUT2D eigenvalue weighted by atomic mass is 9.99. The van der Waals surface area contributed by atoms with Crippen LogP contribution in [0.2, 0.25) is 5.02 Å². The number of piperazine rings is 1. The number of benzene rings is 6. The first-order valence-corrected chi connectivity index (χ1v) is 32.7. The van der Waals surface area contributed by atoms with Crippen molar-refractivity contribution in [1.29, 1.82) is 0 Å². The molecular formula is C65H73ClN14O9S2. The molecular weight excluding hydrogens is 1220 g/mol. The van der Waals surface area contributed by atoms with Crippen LogP contribution in [0.3, 0.4) is 0 Å². The molecule has 0 bridgehead atoms. The minimum absolute atomic E-state index is 0.0899. The minimum atomic E-state index is -4.43. The summed E-state index contributed by atoms with van der Waals surface area (Å²) in [5.74, 6) is 1.33. The van der Waals surface area contributed by atoms with E-state index in [-0.39, 0.29) is 39.3 Å². The predicted molar refractivity (Wildman–Crippen MR) is 355 cm³/mol. The molecule has 91 heavy (non-hydrogen) atoms. The molecule has 1 atom stereocenters. The Bertz CT molecular complexity index is 4010. The zero-order chi connectivity index (χ0) is 63.9. The first-order chi connectivity index (χ1) is 44.1. The molecule has 6 aromatic carbocycles. The van der Waals surface area contributed by atoms with Gasteiger partial charge in [0, 0.05) is 122 Å². The van der Waals surface area contributed by atoms with Gasteiger partial charge in [0.1, 0.15) is 17.0 Å². The maximum atomic E-state index is 13.4. The highest BCUT2D eigenvalue weighted by atomic mass is 35.5. The number of halogens is 1. The Hall–Kier alpha value is -8.69. The number of fused-ring (bicyclic) bond motifs is 3. The molecule has 2 aromatic heterocycles. The van der Waals surface area contributed by atoms with Crippen LogP contribution in [0.15, 0.2) is 161 Å². The lowest BCUT2D eigenvalue weighted by molar-refractivity contribution is -0.384. The number of thioether (sulfide) groups is 1. The molecule has 2 amide bonds. The number of hydrogen-bond donors (Lipinski definition) is 4. The first kappa shape index (κ1) is 65.3. The van der Waals surface area contributed by atoms with Gasteiger partial charge in [0.2, 0.25) is 11.6 Å². The Balaban J connectivity index is 0.000000222. The average molecular weight is 1290 g/mol. The summed E-state index contributed by atoms with van der Waals surface area (Å²) in [6.07, 6.45) is 4.29. The molecule has 2 fully saturated rings. The number of methoxy groups -OCH3 is 1. The molecule has 0 radical (unpaired) electrons. The molecule has 26 heteroatoms. The SMILES string of the molecule is CN(C)CC[C@H](CSc1ccccc1)Nc1ccc(S(=O)(=O)NC(=O)c2ccc(N3CCN(Cc4ccccc4-c4ccc(Cl)cc4)CC3)cc2)cc1[N+](=O)[O-].COc1c(OCCCN2CCOCC2)ccc2c3n(c(=NC(=O)c4cnc(N)nc4)nc12)CCN3. The molecule has 23 nitrogen and oxygen atoms in total. The third kappa shape index (κ3) is 17.2. The van der Waals surface area contributed by atoms with Crippen LogP contribution in [0.4, 0.5) is 28.8 Å². The normalized spacial score (nSPS) is 14.9. The van der Waals surface area contributed by atoms with Crippen molar-refractivity contribution in [2.75, 3.05) is 127 Å². The maximum absolute atomic E-state index is 13.4. The zero-order valence-electron chi connectivity index (χ0n) is 50.9. The van der Waals surface area contributed by atoms with Crippen molar-refractivity contribution >= 4 is 84.9 Å². The lowest BCUT2D eigenvalue weighted by Crippen LogP contribution is -2.46. The first-order valence-electron chi connectivity index (χ1n) is 29.9. The number of anilines is 4. The number of hydrogen-bond acceptors (Lipinski definition) is 20. The van der Waals surface area contributed by atoms with Crippen LogP contribution in [-0.4, -0.2) is 171 Å². The smallest absolute Gasteiger partial charge is 0.293 e. The van der Waals surface area contributed by atoms with Crippen molar-refractivity contribution in [2.45, 2.75) is 41.8 Å². The summed E-state index contributed by atoms with van der Waals surface area (Å²) in [7, 11) is 1.07. The van der Waals surface area contributed by atoms with Gasteiger partial charge in [0.25, 0.3) is 27.5 Å². The summed E-state index contributed by atoms with van der Waals surface area (Å²) in [5.41, 5.74) is 11.0. The topological polar surface area (TPSA) is 270 Å². The standard InChI is InChI=1S/C42H45ClN6O5S2.C23H28N8O4/c1-46(2)23-22-35(30-55-37-9-4-3-5-10-37)44-40-21-20-38(28-41(40)49(51)52)56(53,54)45-42(50)32-14-18-36(19-15-32)48-26-24-47(25-27-48)29-33-8-6-7-11-39(33)31-12-16-34(43)17-13-31;1-33-19-17(35-10-2-6-30-8-11-34-12-9-30)4-3-16-18(19)28-23(31-7-5-25-20(16)31)29-21(32)15-13-26-22(24)27-14-15/h3-21,28,35,44H,22-27,29-30H2,1-2H3,(H,45,50);3-4,13-14,25H,2,5-12H2,1H3,(H2,24,26,27)/t35-;/m1./s1. The van der Waals surface area contributed by atoms with Crippen LogP contribution in [0.1, 0.15) is 39.1 Å². The van der Waals surface area contributed by atoms with Gasteiger partial charge in [-0.3, -0.25) is 34.1 Å². The molecule has 8 aromatic rings. The van der Waals surface area contributed by atoms with Crippen LogP contribution >= 0.6 is 23.4 Å².